The number of rotatable bonds is 3. The maximum absolute atomic E-state index is 13.8. The van der Waals surface area contributed by atoms with Crippen LogP contribution in [0.25, 0.3) is 11.1 Å². The molecule has 0 spiro atoms. The number of halogens is 1. The molecule has 0 bridgehead atoms. The van der Waals surface area contributed by atoms with Crippen LogP contribution in [0.1, 0.15) is 10.4 Å². The van der Waals surface area contributed by atoms with Crippen LogP contribution in [0, 0.1) is 5.82 Å². The molecular weight excluding hydrogens is 237 g/mol. The van der Waals surface area contributed by atoms with Gasteiger partial charge in [-0.1, -0.05) is 6.07 Å². The van der Waals surface area contributed by atoms with Gasteiger partial charge in [0.05, 0.1) is 12.7 Å². The van der Waals surface area contributed by atoms with Gasteiger partial charge in [0.1, 0.15) is 5.82 Å². The molecule has 1 aromatic carbocycles. The molecule has 18 heavy (non-hydrogen) atoms. The van der Waals surface area contributed by atoms with Gasteiger partial charge in [0.2, 0.25) is 5.88 Å². The molecular formula is C13H10FNO3. The van der Waals surface area contributed by atoms with Crippen molar-refractivity contribution in [1.82, 2.24) is 4.98 Å². The first-order valence-corrected chi connectivity index (χ1v) is 5.15. The zero-order valence-corrected chi connectivity index (χ0v) is 9.55. The summed E-state index contributed by atoms with van der Waals surface area (Å²) in [4.78, 5) is 14.7. The second kappa shape index (κ2) is 4.83. The molecule has 0 saturated carbocycles. The van der Waals surface area contributed by atoms with Gasteiger partial charge in [-0.05, 0) is 18.2 Å². The zero-order valence-electron chi connectivity index (χ0n) is 9.55. The van der Waals surface area contributed by atoms with Crippen LogP contribution >= 0.6 is 0 Å². The van der Waals surface area contributed by atoms with Gasteiger partial charge in [0, 0.05) is 23.4 Å². The Kier molecular flexibility index (Phi) is 3.23. The molecule has 0 atom stereocenters. The van der Waals surface area contributed by atoms with Crippen LogP contribution in [0.4, 0.5) is 4.39 Å². The smallest absolute Gasteiger partial charge is 0.335 e. The van der Waals surface area contributed by atoms with Crippen LogP contribution in [0.15, 0.2) is 36.5 Å². The molecule has 1 heterocycles. The molecule has 0 fully saturated rings. The summed E-state index contributed by atoms with van der Waals surface area (Å²) in [6.07, 6.45) is 1.47. The van der Waals surface area contributed by atoms with Gasteiger partial charge in [-0.2, -0.15) is 0 Å². The minimum atomic E-state index is -1.16. The van der Waals surface area contributed by atoms with E-state index in [1.54, 1.807) is 12.1 Å². The number of ether oxygens (including phenoxy) is 1. The second-order valence-electron chi connectivity index (χ2n) is 3.59. The highest BCUT2D eigenvalue weighted by molar-refractivity contribution is 5.88. The van der Waals surface area contributed by atoms with Gasteiger partial charge in [-0.15, -0.1) is 0 Å². The Morgan fingerprint density at radius 1 is 1.33 bits per heavy atom. The molecule has 92 valence electrons. The van der Waals surface area contributed by atoms with Gasteiger partial charge in [-0.25, -0.2) is 14.2 Å². The fraction of sp³-hybridized carbons (Fsp3) is 0.0769. The number of carboxylic acid groups (broad SMARTS) is 1. The van der Waals surface area contributed by atoms with E-state index in [9.17, 15) is 9.18 Å². The van der Waals surface area contributed by atoms with Crippen molar-refractivity contribution < 1.29 is 19.0 Å². The fourth-order valence-electron chi connectivity index (χ4n) is 1.54. The first kappa shape index (κ1) is 12.0. The number of carbonyl (C=O) groups is 1. The molecule has 0 radical (unpaired) electrons. The molecule has 5 heteroatoms. The van der Waals surface area contributed by atoms with E-state index in [-0.39, 0.29) is 5.56 Å². The third-order valence-corrected chi connectivity index (χ3v) is 2.47. The first-order valence-electron chi connectivity index (χ1n) is 5.15. The lowest BCUT2D eigenvalue weighted by Gasteiger charge is -2.05. The number of benzene rings is 1. The number of methoxy groups -OCH3 is 1. The van der Waals surface area contributed by atoms with Crippen molar-refractivity contribution in [3.63, 3.8) is 0 Å². The highest BCUT2D eigenvalue weighted by Crippen LogP contribution is 2.24. The molecule has 0 aliphatic carbocycles. The van der Waals surface area contributed by atoms with Crippen LogP contribution in [0.3, 0.4) is 0 Å². The number of aromatic nitrogens is 1. The summed E-state index contributed by atoms with van der Waals surface area (Å²) in [6.45, 7) is 0. The standard InChI is InChI=1S/C13H10FNO3/c1-18-12-5-3-9(7-15-12)10-4-2-8(13(16)17)6-11(10)14/h2-7H,1H3,(H,16,17). The van der Waals surface area contributed by atoms with Gasteiger partial charge in [0.25, 0.3) is 0 Å². The van der Waals surface area contributed by atoms with Crippen LogP contribution < -0.4 is 4.74 Å². The molecule has 4 nitrogen and oxygen atoms in total. The maximum Gasteiger partial charge on any atom is 0.335 e. The summed E-state index contributed by atoms with van der Waals surface area (Å²) in [7, 11) is 1.49. The summed E-state index contributed by atoms with van der Waals surface area (Å²) in [6, 6.07) is 7.03. The van der Waals surface area contributed by atoms with Gasteiger partial charge >= 0.3 is 5.97 Å². The number of hydrogen-bond donors (Lipinski definition) is 1. The average molecular weight is 247 g/mol. The predicted octanol–water partition coefficient (Wildman–Crippen LogP) is 2.59. The molecule has 2 aromatic rings. The Hall–Kier alpha value is -2.43. The first-order chi connectivity index (χ1) is 8.61. The molecule has 1 aromatic heterocycles. The van der Waals surface area contributed by atoms with E-state index in [0.717, 1.165) is 6.07 Å². The lowest BCUT2D eigenvalue weighted by Crippen LogP contribution is -1.97. The van der Waals surface area contributed by atoms with E-state index < -0.39 is 11.8 Å². The molecule has 0 amide bonds. The van der Waals surface area contributed by atoms with Crippen LogP contribution in [-0.2, 0) is 0 Å². The molecule has 0 aliphatic heterocycles. The van der Waals surface area contributed by atoms with Gasteiger partial charge in [-0.3, -0.25) is 0 Å². The minimum Gasteiger partial charge on any atom is -0.481 e. The van der Waals surface area contributed by atoms with E-state index in [1.807, 2.05) is 0 Å². The summed E-state index contributed by atoms with van der Waals surface area (Å²) in [5.41, 5.74) is 0.776. The predicted molar refractivity (Wildman–Crippen MR) is 63.1 cm³/mol. The second-order valence-corrected chi connectivity index (χ2v) is 3.59. The van der Waals surface area contributed by atoms with Crippen molar-refractivity contribution in [3.05, 3.63) is 47.9 Å². The molecule has 0 aliphatic rings. The number of hydrogen-bond acceptors (Lipinski definition) is 3. The van der Waals surface area contributed by atoms with Crippen molar-refractivity contribution in [3.8, 4) is 17.0 Å². The molecule has 2 rings (SSSR count). The lowest BCUT2D eigenvalue weighted by molar-refractivity contribution is 0.0696. The van der Waals surface area contributed by atoms with Crippen LogP contribution in [-0.4, -0.2) is 23.2 Å². The molecule has 1 N–H and O–H groups in total. The Labute approximate surface area is 103 Å². The molecule has 0 unspecified atom stereocenters. The normalized spacial score (nSPS) is 10.1. The number of nitrogens with zero attached hydrogens (tertiary/aromatic N) is 1. The Morgan fingerprint density at radius 2 is 2.11 bits per heavy atom. The summed E-state index contributed by atoms with van der Waals surface area (Å²) < 4.78 is 18.7. The Morgan fingerprint density at radius 3 is 2.61 bits per heavy atom. The third kappa shape index (κ3) is 2.29. The van der Waals surface area contributed by atoms with Crippen molar-refractivity contribution in [2.45, 2.75) is 0 Å². The van der Waals surface area contributed by atoms with E-state index in [2.05, 4.69) is 4.98 Å². The van der Waals surface area contributed by atoms with E-state index in [0.29, 0.717) is 17.0 Å². The quantitative estimate of drug-likeness (QED) is 0.905. The maximum atomic E-state index is 13.8. The summed E-state index contributed by atoms with van der Waals surface area (Å²) in [5.74, 6) is -1.32. The monoisotopic (exact) mass is 247 g/mol. The van der Waals surface area contributed by atoms with E-state index >= 15 is 0 Å². The van der Waals surface area contributed by atoms with Crippen molar-refractivity contribution >= 4 is 5.97 Å². The van der Waals surface area contributed by atoms with Gasteiger partial charge in [0.15, 0.2) is 0 Å². The van der Waals surface area contributed by atoms with Crippen molar-refractivity contribution in [2.75, 3.05) is 7.11 Å². The average Bonchev–Trinajstić information content (AvgIpc) is 2.38. The van der Waals surface area contributed by atoms with Gasteiger partial charge < -0.3 is 9.84 Å². The van der Waals surface area contributed by atoms with Crippen LogP contribution in [0.5, 0.6) is 5.88 Å². The summed E-state index contributed by atoms with van der Waals surface area (Å²) >= 11 is 0. The zero-order chi connectivity index (χ0) is 13.1. The van der Waals surface area contributed by atoms with Crippen molar-refractivity contribution in [1.29, 1.82) is 0 Å². The molecule has 0 saturated heterocycles. The van der Waals surface area contributed by atoms with Crippen molar-refractivity contribution in [2.24, 2.45) is 0 Å². The van der Waals surface area contributed by atoms with E-state index in [4.69, 9.17) is 9.84 Å². The SMILES string of the molecule is COc1ccc(-c2ccc(C(=O)O)cc2F)cn1. The number of pyridine rings is 1. The Bertz CT molecular complexity index is 581. The minimum absolute atomic E-state index is 0.0854. The fourth-order valence-corrected chi connectivity index (χ4v) is 1.54. The number of aromatic carboxylic acids is 1. The lowest BCUT2D eigenvalue weighted by atomic mass is 10.0. The largest absolute Gasteiger partial charge is 0.481 e. The van der Waals surface area contributed by atoms with Crippen LogP contribution in [0.2, 0.25) is 0 Å². The Balaban J connectivity index is 2.41. The topological polar surface area (TPSA) is 59.4 Å². The van der Waals surface area contributed by atoms with E-state index in [1.165, 1.54) is 25.4 Å². The summed E-state index contributed by atoms with van der Waals surface area (Å²) in [5, 5.41) is 8.74. The number of carboxylic acids is 1. The highest BCUT2D eigenvalue weighted by atomic mass is 19.1. The highest BCUT2D eigenvalue weighted by Gasteiger charge is 2.10. The third-order valence-electron chi connectivity index (χ3n) is 2.47.